The fourth-order valence-corrected chi connectivity index (χ4v) is 2.82. The maximum absolute atomic E-state index is 4.42. The zero-order chi connectivity index (χ0) is 15.5. The Morgan fingerprint density at radius 3 is 2.27 bits per heavy atom. The summed E-state index contributed by atoms with van der Waals surface area (Å²) in [5, 5.41) is 3.39. The quantitative estimate of drug-likeness (QED) is 0.943. The van der Waals surface area contributed by atoms with Crippen LogP contribution in [0.4, 0.5) is 17.3 Å². The van der Waals surface area contributed by atoms with E-state index in [1.807, 2.05) is 6.07 Å². The van der Waals surface area contributed by atoms with E-state index in [0.29, 0.717) is 0 Å². The van der Waals surface area contributed by atoms with E-state index in [1.54, 1.807) is 6.33 Å². The van der Waals surface area contributed by atoms with Crippen LogP contribution in [0.2, 0.25) is 0 Å². The van der Waals surface area contributed by atoms with E-state index in [-0.39, 0.29) is 0 Å². The number of nitrogens with zero attached hydrogens (tertiary/aromatic N) is 4. The summed E-state index contributed by atoms with van der Waals surface area (Å²) in [6.45, 7) is 8.38. The molecule has 1 aliphatic rings. The zero-order valence-electron chi connectivity index (χ0n) is 13.5. The summed E-state index contributed by atoms with van der Waals surface area (Å²) in [6.07, 6.45) is 1.64. The molecular weight excluding hydrogens is 274 g/mol. The molecule has 2 aromatic rings. The van der Waals surface area contributed by atoms with Gasteiger partial charge in [0.05, 0.1) is 0 Å². The maximum atomic E-state index is 4.42. The largest absolute Gasteiger partial charge is 0.354 e. The highest BCUT2D eigenvalue weighted by molar-refractivity contribution is 5.61. The van der Waals surface area contributed by atoms with Gasteiger partial charge in [0, 0.05) is 37.9 Å². The lowest BCUT2D eigenvalue weighted by Gasteiger charge is -2.33. The number of piperazine rings is 1. The number of benzene rings is 1. The van der Waals surface area contributed by atoms with Crippen molar-refractivity contribution >= 4 is 17.3 Å². The zero-order valence-corrected chi connectivity index (χ0v) is 13.5. The van der Waals surface area contributed by atoms with E-state index in [1.165, 1.54) is 11.1 Å². The van der Waals surface area contributed by atoms with Crippen LogP contribution < -0.4 is 10.2 Å². The average Bonchev–Trinajstić information content (AvgIpc) is 2.47. The molecular formula is C17H23N5. The second kappa shape index (κ2) is 6.32. The van der Waals surface area contributed by atoms with Gasteiger partial charge in [-0.15, -0.1) is 0 Å². The van der Waals surface area contributed by atoms with Crippen molar-refractivity contribution < 1.29 is 0 Å². The predicted molar refractivity (Wildman–Crippen MR) is 90.9 cm³/mol. The number of aryl methyl sites for hydroxylation is 2. The summed E-state index contributed by atoms with van der Waals surface area (Å²) in [6, 6.07) is 8.46. The summed E-state index contributed by atoms with van der Waals surface area (Å²) >= 11 is 0. The Kier molecular flexibility index (Phi) is 4.24. The topological polar surface area (TPSA) is 44.3 Å². The van der Waals surface area contributed by atoms with E-state index in [2.05, 4.69) is 64.2 Å². The summed E-state index contributed by atoms with van der Waals surface area (Å²) < 4.78 is 0. The van der Waals surface area contributed by atoms with Crippen molar-refractivity contribution in [2.75, 3.05) is 43.4 Å². The van der Waals surface area contributed by atoms with Crippen molar-refractivity contribution in [2.24, 2.45) is 0 Å². The van der Waals surface area contributed by atoms with Crippen LogP contribution in [0.1, 0.15) is 11.1 Å². The van der Waals surface area contributed by atoms with Gasteiger partial charge in [0.25, 0.3) is 0 Å². The molecule has 1 aromatic carbocycles. The van der Waals surface area contributed by atoms with Crippen LogP contribution in [0, 0.1) is 13.8 Å². The SMILES string of the molecule is Cc1cc(C)cc(Nc2cc(N3CCN(C)CC3)ncn2)c1. The average molecular weight is 297 g/mol. The summed E-state index contributed by atoms with van der Waals surface area (Å²) in [5.74, 6) is 1.84. The van der Waals surface area contributed by atoms with E-state index in [0.717, 1.165) is 43.5 Å². The van der Waals surface area contributed by atoms with Gasteiger partial charge in [-0.3, -0.25) is 0 Å². The second-order valence-electron chi connectivity index (χ2n) is 6.05. The van der Waals surface area contributed by atoms with Gasteiger partial charge in [-0.05, 0) is 44.2 Å². The number of anilines is 3. The number of hydrogen-bond acceptors (Lipinski definition) is 5. The number of hydrogen-bond donors (Lipinski definition) is 1. The highest BCUT2D eigenvalue weighted by Crippen LogP contribution is 2.21. The second-order valence-corrected chi connectivity index (χ2v) is 6.05. The Balaban J connectivity index is 1.76. The highest BCUT2D eigenvalue weighted by atomic mass is 15.3. The van der Waals surface area contributed by atoms with Crippen LogP contribution in [0.15, 0.2) is 30.6 Å². The molecule has 0 aliphatic carbocycles. The van der Waals surface area contributed by atoms with Crippen molar-refractivity contribution in [3.05, 3.63) is 41.7 Å². The first-order valence-corrected chi connectivity index (χ1v) is 7.71. The Labute approximate surface area is 132 Å². The monoisotopic (exact) mass is 297 g/mol. The fourth-order valence-electron chi connectivity index (χ4n) is 2.82. The van der Waals surface area contributed by atoms with Gasteiger partial charge in [-0.2, -0.15) is 0 Å². The van der Waals surface area contributed by atoms with E-state index in [9.17, 15) is 0 Å². The van der Waals surface area contributed by atoms with Crippen molar-refractivity contribution in [3.63, 3.8) is 0 Å². The van der Waals surface area contributed by atoms with Crippen LogP contribution in [-0.2, 0) is 0 Å². The normalized spacial score (nSPS) is 15.9. The number of aromatic nitrogens is 2. The number of nitrogens with one attached hydrogen (secondary N) is 1. The molecule has 0 amide bonds. The minimum absolute atomic E-state index is 0.842. The standard InChI is InChI=1S/C17H23N5/c1-13-8-14(2)10-15(9-13)20-16-11-17(19-12-18-16)22-6-4-21(3)5-7-22/h8-12H,4-7H2,1-3H3,(H,18,19,20). The summed E-state index contributed by atoms with van der Waals surface area (Å²) in [4.78, 5) is 13.4. The molecule has 0 unspecified atom stereocenters. The van der Waals surface area contributed by atoms with Gasteiger partial charge in [-0.25, -0.2) is 9.97 Å². The summed E-state index contributed by atoms with van der Waals surface area (Å²) in [7, 11) is 2.16. The molecule has 5 nitrogen and oxygen atoms in total. The van der Waals surface area contributed by atoms with Crippen molar-refractivity contribution in [1.29, 1.82) is 0 Å². The smallest absolute Gasteiger partial charge is 0.135 e. The molecule has 22 heavy (non-hydrogen) atoms. The van der Waals surface area contributed by atoms with E-state index in [4.69, 9.17) is 0 Å². The first-order valence-electron chi connectivity index (χ1n) is 7.71. The van der Waals surface area contributed by atoms with Gasteiger partial charge in [0.2, 0.25) is 0 Å². The molecule has 0 spiro atoms. The van der Waals surface area contributed by atoms with Crippen LogP contribution in [0.5, 0.6) is 0 Å². The van der Waals surface area contributed by atoms with Crippen molar-refractivity contribution in [2.45, 2.75) is 13.8 Å². The Hall–Kier alpha value is -2.14. The minimum atomic E-state index is 0.842. The number of likely N-dealkylation sites (N-methyl/N-ethyl adjacent to an activating group) is 1. The lowest BCUT2D eigenvalue weighted by Crippen LogP contribution is -2.44. The first-order chi connectivity index (χ1) is 10.6. The third-order valence-electron chi connectivity index (χ3n) is 3.97. The van der Waals surface area contributed by atoms with Crippen molar-refractivity contribution in [1.82, 2.24) is 14.9 Å². The first kappa shape index (κ1) is 14.8. The van der Waals surface area contributed by atoms with Gasteiger partial charge in [0.1, 0.15) is 18.0 Å². The maximum Gasteiger partial charge on any atom is 0.135 e. The molecule has 1 aliphatic heterocycles. The van der Waals surface area contributed by atoms with Gasteiger partial charge >= 0.3 is 0 Å². The number of rotatable bonds is 3. The molecule has 5 heteroatoms. The van der Waals surface area contributed by atoms with Crippen LogP contribution in [0.25, 0.3) is 0 Å². The third-order valence-corrected chi connectivity index (χ3v) is 3.97. The van der Waals surface area contributed by atoms with Gasteiger partial charge in [0.15, 0.2) is 0 Å². The molecule has 0 saturated carbocycles. The fraction of sp³-hybridized carbons (Fsp3) is 0.412. The van der Waals surface area contributed by atoms with E-state index >= 15 is 0 Å². The molecule has 0 radical (unpaired) electrons. The molecule has 1 N–H and O–H groups in total. The molecule has 1 aromatic heterocycles. The van der Waals surface area contributed by atoms with Crippen molar-refractivity contribution in [3.8, 4) is 0 Å². The molecule has 3 rings (SSSR count). The van der Waals surface area contributed by atoms with Crippen LogP contribution >= 0.6 is 0 Å². The lowest BCUT2D eigenvalue weighted by atomic mass is 10.1. The van der Waals surface area contributed by atoms with Gasteiger partial charge < -0.3 is 15.1 Å². The van der Waals surface area contributed by atoms with Crippen LogP contribution in [0.3, 0.4) is 0 Å². The molecule has 116 valence electrons. The molecule has 0 atom stereocenters. The molecule has 2 heterocycles. The lowest BCUT2D eigenvalue weighted by molar-refractivity contribution is 0.312. The van der Waals surface area contributed by atoms with E-state index < -0.39 is 0 Å². The molecule has 1 saturated heterocycles. The summed E-state index contributed by atoms with van der Waals surface area (Å²) in [5.41, 5.74) is 3.56. The minimum Gasteiger partial charge on any atom is -0.354 e. The van der Waals surface area contributed by atoms with Gasteiger partial charge in [-0.1, -0.05) is 6.07 Å². The van der Waals surface area contributed by atoms with Crippen LogP contribution in [-0.4, -0.2) is 48.1 Å². The predicted octanol–water partition coefficient (Wildman–Crippen LogP) is 2.59. The molecule has 0 bridgehead atoms. The highest BCUT2D eigenvalue weighted by Gasteiger charge is 2.15. The molecule has 1 fully saturated rings. The Morgan fingerprint density at radius 2 is 1.59 bits per heavy atom. The Morgan fingerprint density at radius 1 is 0.909 bits per heavy atom. The third kappa shape index (κ3) is 3.54. The Bertz CT molecular complexity index is 627.